The summed E-state index contributed by atoms with van der Waals surface area (Å²) in [5.41, 5.74) is 9.94. The van der Waals surface area contributed by atoms with Gasteiger partial charge in [-0.1, -0.05) is 0 Å². The monoisotopic (exact) mass is 283 g/mol. The average molecular weight is 283 g/mol. The topological polar surface area (TPSA) is 86.1 Å². The van der Waals surface area contributed by atoms with Crippen LogP contribution in [0.1, 0.15) is 18.0 Å². The van der Waals surface area contributed by atoms with Crippen LogP contribution in [0.4, 0.5) is 5.82 Å². The van der Waals surface area contributed by atoms with Gasteiger partial charge in [0, 0.05) is 42.9 Å². The fourth-order valence-electron chi connectivity index (χ4n) is 2.89. The molecule has 4 rings (SSSR count). The number of rotatable bonds is 2. The summed E-state index contributed by atoms with van der Waals surface area (Å²) in [6, 6.07) is 1.94. The van der Waals surface area contributed by atoms with Crippen molar-refractivity contribution in [3.63, 3.8) is 0 Å². The van der Waals surface area contributed by atoms with Gasteiger partial charge in [0.15, 0.2) is 5.65 Å². The van der Waals surface area contributed by atoms with E-state index in [4.69, 9.17) is 10.7 Å². The number of aryl methyl sites for hydroxylation is 1. The minimum Gasteiger partial charge on any atom is -0.384 e. The van der Waals surface area contributed by atoms with Gasteiger partial charge in [-0.2, -0.15) is 14.7 Å². The zero-order valence-corrected chi connectivity index (χ0v) is 11.8. The first-order valence-corrected chi connectivity index (χ1v) is 7.06. The second-order valence-corrected chi connectivity index (χ2v) is 5.49. The number of nitrogens with zero attached hydrogens (tertiary/aromatic N) is 5. The van der Waals surface area contributed by atoms with Crippen LogP contribution in [-0.4, -0.2) is 37.5 Å². The summed E-state index contributed by atoms with van der Waals surface area (Å²) >= 11 is 0. The predicted octanol–water partition coefficient (Wildman–Crippen LogP) is 0.789. The summed E-state index contributed by atoms with van der Waals surface area (Å²) in [5, 5.41) is 11.9. The van der Waals surface area contributed by atoms with E-state index in [0.29, 0.717) is 11.7 Å². The van der Waals surface area contributed by atoms with Crippen molar-refractivity contribution in [1.29, 1.82) is 0 Å². The van der Waals surface area contributed by atoms with Crippen molar-refractivity contribution < 1.29 is 0 Å². The van der Waals surface area contributed by atoms with E-state index in [0.717, 1.165) is 42.0 Å². The highest BCUT2D eigenvalue weighted by molar-refractivity contribution is 5.77. The molecule has 3 N–H and O–H groups in total. The Bertz CT molecular complexity index is 795. The molecule has 4 heterocycles. The first kappa shape index (κ1) is 12.3. The van der Waals surface area contributed by atoms with E-state index < -0.39 is 0 Å². The molecule has 0 radical (unpaired) electrons. The third-order valence-electron chi connectivity index (χ3n) is 4.01. The van der Waals surface area contributed by atoms with Crippen molar-refractivity contribution in [3.05, 3.63) is 30.4 Å². The number of nitrogens with one attached hydrogen (secondary N) is 1. The number of hydrogen-bond donors (Lipinski definition) is 2. The second kappa shape index (κ2) is 4.56. The minimum absolute atomic E-state index is 0.425. The summed E-state index contributed by atoms with van der Waals surface area (Å²) in [7, 11) is 1.90. The van der Waals surface area contributed by atoms with Gasteiger partial charge in [-0.15, -0.1) is 0 Å². The van der Waals surface area contributed by atoms with E-state index in [1.165, 1.54) is 0 Å². The molecule has 0 amide bonds. The smallest absolute Gasteiger partial charge is 0.165 e. The third kappa shape index (κ3) is 1.97. The van der Waals surface area contributed by atoms with Crippen LogP contribution < -0.4 is 11.1 Å². The maximum Gasteiger partial charge on any atom is 0.165 e. The average Bonchev–Trinajstić information content (AvgIpc) is 3.17. The van der Waals surface area contributed by atoms with Gasteiger partial charge in [-0.25, -0.2) is 4.98 Å². The molecule has 21 heavy (non-hydrogen) atoms. The second-order valence-electron chi connectivity index (χ2n) is 5.49. The van der Waals surface area contributed by atoms with Crippen molar-refractivity contribution >= 4 is 11.5 Å². The Morgan fingerprint density at radius 2 is 2.24 bits per heavy atom. The Morgan fingerprint density at radius 1 is 1.33 bits per heavy atom. The van der Waals surface area contributed by atoms with Crippen molar-refractivity contribution in [2.75, 3.05) is 18.8 Å². The molecule has 108 valence electrons. The highest BCUT2D eigenvalue weighted by Crippen LogP contribution is 2.28. The minimum atomic E-state index is 0.425. The molecule has 7 nitrogen and oxygen atoms in total. The molecule has 1 aliphatic rings. The summed E-state index contributed by atoms with van der Waals surface area (Å²) in [6.45, 7) is 1.99. The van der Waals surface area contributed by atoms with Gasteiger partial charge < -0.3 is 11.1 Å². The largest absolute Gasteiger partial charge is 0.384 e. The molecular formula is C14H17N7. The third-order valence-corrected chi connectivity index (χ3v) is 4.01. The molecule has 1 atom stereocenters. The van der Waals surface area contributed by atoms with Gasteiger partial charge in [-0.05, 0) is 13.0 Å². The van der Waals surface area contributed by atoms with E-state index in [1.54, 1.807) is 15.4 Å². The zero-order valence-electron chi connectivity index (χ0n) is 11.8. The van der Waals surface area contributed by atoms with Crippen LogP contribution in [0.5, 0.6) is 0 Å². The molecule has 1 fully saturated rings. The Morgan fingerprint density at radius 3 is 2.95 bits per heavy atom. The summed E-state index contributed by atoms with van der Waals surface area (Å²) in [4.78, 5) is 4.81. The van der Waals surface area contributed by atoms with Gasteiger partial charge in [0.05, 0.1) is 18.1 Å². The molecular weight excluding hydrogens is 266 g/mol. The lowest BCUT2D eigenvalue weighted by molar-refractivity contribution is 0.732. The maximum absolute atomic E-state index is 6.14. The fraction of sp³-hybridized carbons (Fsp3) is 0.357. The molecule has 1 saturated heterocycles. The number of aromatic nitrogens is 5. The number of nitrogen functional groups attached to an aromatic ring is 1. The Balaban J connectivity index is 1.89. The predicted molar refractivity (Wildman–Crippen MR) is 79.8 cm³/mol. The van der Waals surface area contributed by atoms with Crippen molar-refractivity contribution in [2.24, 2.45) is 7.05 Å². The lowest BCUT2D eigenvalue weighted by Crippen LogP contribution is -2.11. The molecule has 0 bridgehead atoms. The van der Waals surface area contributed by atoms with Crippen LogP contribution in [0.2, 0.25) is 0 Å². The summed E-state index contributed by atoms with van der Waals surface area (Å²) in [5.74, 6) is 1.05. The first-order valence-electron chi connectivity index (χ1n) is 7.06. The molecule has 3 aromatic rings. The van der Waals surface area contributed by atoms with E-state index in [9.17, 15) is 0 Å². The summed E-state index contributed by atoms with van der Waals surface area (Å²) in [6.07, 6.45) is 6.67. The standard InChI is InChI=1S/C14H17N7/c1-20-8-10(6-17-20)11-7-18-21-13(15)4-12(19-14(11)21)9-2-3-16-5-9/h4,6-9,16H,2-3,5,15H2,1H3. The van der Waals surface area contributed by atoms with E-state index in [-0.39, 0.29) is 0 Å². The van der Waals surface area contributed by atoms with Gasteiger partial charge in [-0.3, -0.25) is 4.68 Å². The lowest BCUT2D eigenvalue weighted by atomic mass is 10.0. The van der Waals surface area contributed by atoms with Crippen LogP contribution in [0.15, 0.2) is 24.7 Å². The van der Waals surface area contributed by atoms with E-state index in [2.05, 4.69) is 15.5 Å². The Hall–Kier alpha value is -2.41. The lowest BCUT2D eigenvalue weighted by Gasteiger charge is -2.10. The molecule has 3 aromatic heterocycles. The van der Waals surface area contributed by atoms with Gasteiger partial charge in [0.25, 0.3) is 0 Å². The molecule has 1 aliphatic heterocycles. The molecule has 1 unspecified atom stereocenters. The van der Waals surface area contributed by atoms with Crippen LogP contribution in [0, 0.1) is 0 Å². The molecule has 0 saturated carbocycles. The van der Waals surface area contributed by atoms with Crippen LogP contribution in [-0.2, 0) is 7.05 Å². The van der Waals surface area contributed by atoms with E-state index >= 15 is 0 Å². The SMILES string of the molecule is Cn1cc(-c2cnn3c(N)cc(C4CCNC4)nc23)cn1. The van der Waals surface area contributed by atoms with Crippen LogP contribution >= 0.6 is 0 Å². The van der Waals surface area contributed by atoms with Gasteiger partial charge >= 0.3 is 0 Å². The quantitative estimate of drug-likeness (QED) is 0.726. The molecule has 0 aliphatic carbocycles. The number of hydrogen-bond acceptors (Lipinski definition) is 5. The number of nitrogens with two attached hydrogens (primary N) is 1. The molecule has 0 aromatic carbocycles. The first-order chi connectivity index (χ1) is 10.2. The normalized spacial score (nSPS) is 18.6. The summed E-state index contributed by atoms with van der Waals surface area (Å²) < 4.78 is 3.46. The fourth-order valence-corrected chi connectivity index (χ4v) is 2.89. The van der Waals surface area contributed by atoms with Crippen molar-refractivity contribution in [3.8, 4) is 11.1 Å². The van der Waals surface area contributed by atoms with Crippen LogP contribution in [0.3, 0.4) is 0 Å². The number of fused-ring (bicyclic) bond motifs is 1. The zero-order chi connectivity index (χ0) is 14.4. The Kier molecular flexibility index (Phi) is 2.68. The van der Waals surface area contributed by atoms with E-state index in [1.807, 2.05) is 25.5 Å². The van der Waals surface area contributed by atoms with Gasteiger partial charge in [0.2, 0.25) is 0 Å². The highest BCUT2D eigenvalue weighted by Gasteiger charge is 2.21. The van der Waals surface area contributed by atoms with Crippen molar-refractivity contribution in [1.82, 2.24) is 29.7 Å². The molecule has 7 heteroatoms. The van der Waals surface area contributed by atoms with Crippen LogP contribution in [0.25, 0.3) is 16.8 Å². The van der Waals surface area contributed by atoms with Gasteiger partial charge in [0.1, 0.15) is 5.82 Å². The molecule has 0 spiro atoms. The van der Waals surface area contributed by atoms with Crippen molar-refractivity contribution in [2.45, 2.75) is 12.3 Å². The number of anilines is 1. The maximum atomic E-state index is 6.14. The highest BCUT2D eigenvalue weighted by atomic mass is 15.3. The Labute approximate surface area is 121 Å².